The third kappa shape index (κ3) is 4.35. The first kappa shape index (κ1) is 21.1. The van der Waals surface area contributed by atoms with Crippen molar-refractivity contribution in [2.45, 2.75) is 39.9 Å². The highest BCUT2D eigenvalue weighted by Gasteiger charge is 2.29. The van der Waals surface area contributed by atoms with Gasteiger partial charge in [-0.25, -0.2) is 4.68 Å². The van der Waals surface area contributed by atoms with Gasteiger partial charge in [0.2, 0.25) is 0 Å². The maximum absolute atomic E-state index is 13.6. The molecule has 0 saturated carbocycles. The summed E-state index contributed by atoms with van der Waals surface area (Å²) in [6.07, 6.45) is 0.00562. The van der Waals surface area contributed by atoms with E-state index in [2.05, 4.69) is 13.0 Å². The highest BCUT2D eigenvalue weighted by atomic mass is 16.5. The molecule has 162 valence electrons. The van der Waals surface area contributed by atoms with Crippen molar-refractivity contribution in [1.29, 1.82) is 0 Å². The van der Waals surface area contributed by atoms with Crippen molar-refractivity contribution in [3.63, 3.8) is 0 Å². The quantitative estimate of drug-likeness (QED) is 0.628. The summed E-state index contributed by atoms with van der Waals surface area (Å²) in [5.74, 6) is 0.714. The SMILES string of the molecule is COc1cccc(-c2cc(C(=O)N3CC(C)OC(C)C3)n(-c3ccc(C)cc3C)n2)c1. The van der Waals surface area contributed by atoms with E-state index in [-0.39, 0.29) is 18.1 Å². The van der Waals surface area contributed by atoms with E-state index in [4.69, 9.17) is 14.6 Å². The van der Waals surface area contributed by atoms with Crippen molar-refractivity contribution < 1.29 is 14.3 Å². The fourth-order valence-electron chi connectivity index (χ4n) is 4.19. The van der Waals surface area contributed by atoms with Crippen molar-refractivity contribution in [3.05, 3.63) is 65.4 Å². The molecule has 1 aliphatic heterocycles. The molecule has 4 rings (SSSR count). The Labute approximate surface area is 183 Å². The number of nitrogens with zero attached hydrogens (tertiary/aromatic N) is 3. The Morgan fingerprint density at radius 3 is 2.48 bits per heavy atom. The van der Waals surface area contributed by atoms with E-state index < -0.39 is 0 Å². The number of hydrogen-bond acceptors (Lipinski definition) is 4. The molecular formula is C25H29N3O3. The number of amides is 1. The predicted molar refractivity (Wildman–Crippen MR) is 121 cm³/mol. The van der Waals surface area contributed by atoms with E-state index in [0.29, 0.717) is 18.8 Å². The second-order valence-corrected chi connectivity index (χ2v) is 8.32. The maximum atomic E-state index is 13.6. The van der Waals surface area contributed by atoms with Crippen LogP contribution in [0, 0.1) is 13.8 Å². The van der Waals surface area contributed by atoms with Crippen LogP contribution in [0.2, 0.25) is 0 Å². The minimum Gasteiger partial charge on any atom is -0.497 e. The zero-order valence-electron chi connectivity index (χ0n) is 18.8. The summed E-state index contributed by atoms with van der Waals surface area (Å²) in [5, 5.41) is 4.85. The second kappa shape index (κ2) is 8.55. The summed E-state index contributed by atoms with van der Waals surface area (Å²) < 4.78 is 13.0. The van der Waals surface area contributed by atoms with Crippen molar-refractivity contribution in [2.24, 2.45) is 0 Å². The van der Waals surface area contributed by atoms with Gasteiger partial charge in [-0.15, -0.1) is 0 Å². The average molecular weight is 420 g/mol. The average Bonchev–Trinajstić information content (AvgIpc) is 3.17. The van der Waals surface area contributed by atoms with Gasteiger partial charge in [0.1, 0.15) is 11.4 Å². The highest BCUT2D eigenvalue weighted by molar-refractivity contribution is 5.94. The zero-order valence-corrected chi connectivity index (χ0v) is 18.8. The lowest BCUT2D eigenvalue weighted by Crippen LogP contribution is -2.48. The molecule has 1 amide bonds. The first-order valence-electron chi connectivity index (χ1n) is 10.6. The Bertz CT molecular complexity index is 1100. The summed E-state index contributed by atoms with van der Waals surface area (Å²) in [4.78, 5) is 15.5. The van der Waals surface area contributed by atoms with Crippen LogP contribution in [0.25, 0.3) is 16.9 Å². The Kier molecular flexibility index (Phi) is 5.83. The molecule has 0 aliphatic carbocycles. The number of aromatic nitrogens is 2. The molecule has 1 aromatic heterocycles. The van der Waals surface area contributed by atoms with Crippen molar-refractivity contribution in [2.75, 3.05) is 20.2 Å². The Hall–Kier alpha value is -3.12. The molecule has 2 heterocycles. The van der Waals surface area contributed by atoms with Crippen molar-refractivity contribution in [3.8, 4) is 22.7 Å². The number of carbonyl (C=O) groups excluding carboxylic acids is 1. The summed E-state index contributed by atoms with van der Waals surface area (Å²) in [7, 11) is 1.64. The van der Waals surface area contributed by atoms with Gasteiger partial charge in [-0.05, 0) is 57.5 Å². The van der Waals surface area contributed by atoms with Gasteiger partial charge in [-0.1, -0.05) is 29.8 Å². The van der Waals surface area contributed by atoms with Crippen LogP contribution in [-0.2, 0) is 4.74 Å². The normalized spacial score (nSPS) is 18.8. The summed E-state index contributed by atoms with van der Waals surface area (Å²) in [6, 6.07) is 15.8. The minimum atomic E-state index is -0.0383. The van der Waals surface area contributed by atoms with Crippen LogP contribution in [0.3, 0.4) is 0 Å². The molecule has 2 atom stereocenters. The van der Waals surface area contributed by atoms with Gasteiger partial charge in [0.25, 0.3) is 5.91 Å². The zero-order chi connectivity index (χ0) is 22.1. The maximum Gasteiger partial charge on any atom is 0.272 e. The van der Waals surface area contributed by atoms with Crippen LogP contribution in [0.15, 0.2) is 48.5 Å². The number of carbonyl (C=O) groups is 1. The van der Waals surface area contributed by atoms with Crippen LogP contribution >= 0.6 is 0 Å². The molecule has 1 aliphatic rings. The monoisotopic (exact) mass is 419 g/mol. The lowest BCUT2D eigenvalue weighted by Gasteiger charge is -2.35. The van der Waals surface area contributed by atoms with Gasteiger partial charge in [-0.3, -0.25) is 4.79 Å². The third-order valence-electron chi connectivity index (χ3n) is 5.58. The van der Waals surface area contributed by atoms with E-state index in [0.717, 1.165) is 28.3 Å². The molecule has 6 heteroatoms. The lowest BCUT2D eigenvalue weighted by molar-refractivity contribution is -0.0588. The molecule has 0 spiro atoms. The summed E-state index contributed by atoms with van der Waals surface area (Å²) in [5.41, 5.74) is 5.32. The topological polar surface area (TPSA) is 56.6 Å². The summed E-state index contributed by atoms with van der Waals surface area (Å²) in [6.45, 7) is 9.23. The molecular weight excluding hydrogens is 390 g/mol. The van der Waals surface area contributed by atoms with Gasteiger partial charge < -0.3 is 14.4 Å². The van der Waals surface area contributed by atoms with Crippen LogP contribution in [-0.4, -0.2) is 53.0 Å². The molecule has 1 saturated heterocycles. The lowest BCUT2D eigenvalue weighted by atomic mass is 10.1. The van der Waals surface area contributed by atoms with E-state index >= 15 is 0 Å². The smallest absolute Gasteiger partial charge is 0.272 e. The van der Waals surface area contributed by atoms with E-state index in [1.165, 1.54) is 5.56 Å². The Morgan fingerprint density at radius 2 is 1.81 bits per heavy atom. The van der Waals surface area contributed by atoms with Gasteiger partial charge in [0.15, 0.2) is 0 Å². The number of hydrogen-bond donors (Lipinski definition) is 0. The second-order valence-electron chi connectivity index (χ2n) is 8.32. The molecule has 6 nitrogen and oxygen atoms in total. The van der Waals surface area contributed by atoms with Crippen LogP contribution < -0.4 is 4.74 Å². The standard InChI is InChI=1S/C25H29N3O3/c1-16-9-10-23(17(2)11-16)28-24(25(29)27-14-18(3)31-19(4)15-27)13-22(26-28)20-7-6-8-21(12-20)30-5/h6-13,18-19H,14-15H2,1-5H3. The van der Waals surface area contributed by atoms with Gasteiger partial charge >= 0.3 is 0 Å². The fraction of sp³-hybridized carbons (Fsp3) is 0.360. The van der Waals surface area contributed by atoms with Gasteiger partial charge in [0, 0.05) is 18.7 Å². The highest BCUT2D eigenvalue weighted by Crippen LogP contribution is 2.27. The summed E-state index contributed by atoms with van der Waals surface area (Å²) >= 11 is 0. The largest absolute Gasteiger partial charge is 0.497 e. The molecule has 0 N–H and O–H groups in total. The van der Waals surface area contributed by atoms with Crippen LogP contribution in [0.4, 0.5) is 0 Å². The Balaban J connectivity index is 1.82. The fourth-order valence-corrected chi connectivity index (χ4v) is 4.19. The number of aryl methyl sites for hydroxylation is 2. The molecule has 3 aromatic rings. The molecule has 31 heavy (non-hydrogen) atoms. The van der Waals surface area contributed by atoms with Gasteiger partial charge in [-0.2, -0.15) is 5.10 Å². The van der Waals surface area contributed by atoms with E-state index in [9.17, 15) is 4.79 Å². The number of morpholine rings is 1. The van der Waals surface area contributed by atoms with E-state index in [1.54, 1.807) is 11.8 Å². The minimum absolute atomic E-state index is 0.00281. The molecule has 2 aromatic carbocycles. The van der Waals surface area contributed by atoms with Gasteiger partial charge in [0.05, 0.1) is 30.7 Å². The molecule has 0 bridgehead atoms. The Morgan fingerprint density at radius 1 is 1.06 bits per heavy atom. The number of ether oxygens (including phenoxy) is 2. The van der Waals surface area contributed by atoms with E-state index in [1.807, 2.05) is 68.1 Å². The first-order valence-corrected chi connectivity index (χ1v) is 10.6. The molecule has 1 fully saturated rings. The van der Waals surface area contributed by atoms with Crippen LogP contribution in [0.1, 0.15) is 35.5 Å². The number of methoxy groups -OCH3 is 1. The third-order valence-corrected chi connectivity index (χ3v) is 5.58. The number of benzene rings is 2. The van der Waals surface area contributed by atoms with Crippen molar-refractivity contribution >= 4 is 5.91 Å². The molecule has 2 unspecified atom stereocenters. The van der Waals surface area contributed by atoms with Crippen LogP contribution in [0.5, 0.6) is 5.75 Å². The predicted octanol–water partition coefficient (Wildman–Crippen LogP) is 4.41. The first-order chi connectivity index (χ1) is 14.9. The number of rotatable bonds is 4. The van der Waals surface area contributed by atoms with Crippen molar-refractivity contribution in [1.82, 2.24) is 14.7 Å². The molecule has 0 radical (unpaired) electrons.